The number of rotatable bonds is 11. The van der Waals surface area contributed by atoms with E-state index in [-0.39, 0.29) is 37.8 Å². The first-order chi connectivity index (χ1) is 19.6. The summed E-state index contributed by atoms with van der Waals surface area (Å²) in [6.45, 7) is -0.00308. The van der Waals surface area contributed by atoms with Gasteiger partial charge in [0.1, 0.15) is 0 Å². The third-order valence-corrected chi connectivity index (χ3v) is 7.99. The van der Waals surface area contributed by atoms with Crippen LogP contribution in [-0.4, -0.2) is 58.0 Å². The molecule has 0 atom stereocenters. The van der Waals surface area contributed by atoms with Crippen LogP contribution in [0.1, 0.15) is 50.2 Å². The van der Waals surface area contributed by atoms with Crippen molar-refractivity contribution in [3.05, 3.63) is 94.0 Å². The van der Waals surface area contributed by atoms with Gasteiger partial charge in [0, 0.05) is 18.1 Å². The Balaban J connectivity index is 1.29. The monoisotopic (exact) mass is 587 g/mol. The standard InChI is InChI=1S/C29H28F3N3O5S/c30-29(31,32)22-5-1-19(2-6-22)17-34-12-9-24-25(34)23(18-41-24)26(38)33-28(10-11-28)21-7-3-20(4-8-21)27(39)40-35(13-15-36)14-16-37/h1-9,12,18,36-37H,10-11,13-17H2,(H,33,38). The van der Waals surface area contributed by atoms with Crippen LogP contribution in [-0.2, 0) is 23.1 Å². The highest BCUT2D eigenvalue weighted by atomic mass is 32.1. The Hall–Kier alpha value is -3.71. The molecule has 4 aromatic rings. The minimum Gasteiger partial charge on any atom is -0.395 e. The minimum absolute atomic E-state index is 0.0725. The van der Waals surface area contributed by atoms with Crippen LogP contribution in [0.5, 0.6) is 0 Å². The second kappa shape index (κ2) is 11.6. The van der Waals surface area contributed by atoms with Gasteiger partial charge in [-0.3, -0.25) is 4.79 Å². The summed E-state index contributed by atoms with van der Waals surface area (Å²) in [4.78, 5) is 31.2. The molecule has 216 valence electrons. The normalized spacial score (nSPS) is 14.4. The fraction of sp³-hybridized carbons (Fsp3) is 0.310. The van der Waals surface area contributed by atoms with Crippen LogP contribution in [0.4, 0.5) is 13.2 Å². The van der Waals surface area contributed by atoms with Gasteiger partial charge in [-0.1, -0.05) is 24.3 Å². The number of thiophene rings is 1. The highest BCUT2D eigenvalue weighted by Gasteiger charge is 2.46. The SMILES string of the molecule is O=C(ON(CCO)CCO)c1ccc(C2(NC(=O)c3csc4ccn(Cc5ccc(C(F)(F)F)cc5)c34)CC2)cc1. The summed E-state index contributed by atoms with van der Waals surface area (Å²) in [6, 6.07) is 13.6. The molecule has 2 heterocycles. The molecule has 0 bridgehead atoms. The summed E-state index contributed by atoms with van der Waals surface area (Å²) in [6.07, 6.45) is -1.13. The van der Waals surface area contributed by atoms with E-state index in [4.69, 9.17) is 15.1 Å². The Morgan fingerprint density at radius 2 is 1.66 bits per heavy atom. The van der Waals surface area contributed by atoms with E-state index in [1.54, 1.807) is 29.6 Å². The molecular formula is C29H28F3N3O5S. The summed E-state index contributed by atoms with van der Waals surface area (Å²) >= 11 is 1.42. The van der Waals surface area contributed by atoms with Gasteiger partial charge in [0.05, 0.1) is 58.7 Å². The van der Waals surface area contributed by atoms with Crippen LogP contribution in [0.25, 0.3) is 10.2 Å². The number of carbonyl (C=O) groups excluding carboxylic acids is 2. The number of aliphatic hydroxyl groups excluding tert-OH is 2. The van der Waals surface area contributed by atoms with Gasteiger partial charge in [-0.05, 0) is 54.3 Å². The van der Waals surface area contributed by atoms with E-state index >= 15 is 0 Å². The molecule has 8 nitrogen and oxygen atoms in total. The maximum atomic E-state index is 13.5. The molecule has 0 unspecified atom stereocenters. The molecule has 3 N–H and O–H groups in total. The number of aromatic nitrogens is 1. The summed E-state index contributed by atoms with van der Waals surface area (Å²) in [7, 11) is 0. The van der Waals surface area contributed by atoms with E-state index in [0.29, 0.717) is 17.7 Å². The number of benzene rings is 2. The lowest BCUT2D eigenvalue weighted by Crippen LogP contribution is -2.35. The van der Waals surface area contributed by atoms with Crippen molar-refractivity contribution in [1.82, 2.24) is 14.9 Å². The summed E-state index contributed by atoms with van der Waals surface area (Å²) in [5.74, 6) is -0.880. The molecule has 0 spiro atoms. The summed E-state index contributed by atoms with van der Waals surface area (Å²) in [5.41, 5.74) is 1.74. The number of aliphatic hydroxyl groups is 2. The first-order valence-corrected chi connectivity index (χ1v) is 13.9. The van der Waals surface area contributed by atoms with Crippen molar-refractivity contribution in [3.63, 3.8) is 0 Å². The van der Waals surface area contributed by atoms with Crippen LogP contribution >= 0.6 is 11.3 Å². The molecule has 1 amide bonds. The molecule has 1 aliphatic carbocycles. The number of hydrogen-bond acceptors (Lipinski definition) is 7. The third-order valence-electron chi connectivity index (χ3n) is 7.05. The smallest absolute Gasteiger partial charge is 0.395 e. The Labute approximate surface area is 237 Å². The van der Waals surface area contributed by atoms with Gasteiger partial charge in [0.2, 0.25) is 0 Å². The van der Waals surface area contributed by atoms with E-state index in [1.165, 1.54) is 28.5 Å². The second-order valence-electron chi connectivity index (χ2n) is 9.87. The van der Waals surface area contributed by atoms with Crippen LogP contribution in [0.15, 0.2) is 66.2 Å². The molecule has 1 fully saturated rings. The fourth-order valence-corrected chi connectivity index (χ4v) is 5.66. The lowest BCUT2D eigenvalue weighted by Gasteiger charge is -2.20. The highest BCUT2D eigenvalue weighted by Crippen LogP contribution is 2.46. The summed E-state index contributed by atoms with van der Waals surface area (Å²) in [5, 5.41) is 24.3. The molecule has 5 rings (SSSR count). The predicted octanol–water partition coefficient (Wildman–Crippen LogP) is 4.55. The van der Waals surface area contributed by atoms with Gasteiger partial charge in [0.25, 0.3) is 5.91 Å². The highest BCUT2D eigenvalue weighted by molar-refractivity contribution is 7.17. The van der Waals surface area contributed by atoms with Crippen LogP contribution in [0.3, 0.4) is 0 Å². The Kier molecular flexibility index (Phi) is 8.18. The maximum absolute atomic E-state index is 13.5. The van der Waals surface area contributed by atoms with Crippen LogP contribution < -0.4 is 5.32 Å². The van der Waals surface area contributed by atoms with Gasteiger partial charge in [-0.2, -0.15) is 13.2 Å². The predicted molar refractivity (Wildman–Crippen MR) is 146 cm³/mol. The van der Waals surface area contributed by atoms with E-state index in [0.717, 1.165) is 40.8 Å². The Morgan fingerprint density at radius 3 is 2.24 bits per heavy atom. The Morgan fingerprint density at radius 1 is 1.00 bits per heavy atom. The largest absolute Gasteiger partial charge is 0.416 e. The molecule has 12 heteroatoms. The second-order valence-corrected chi connectivity index (χ2v) is 10.8. The van der Waals surface area contributed by atoms with Crippen molar-refractivity contribution in [2.45, 2.75) is 31.1 Å². The van der Waals surface area contributed by atoms with Gasteiger partial charge in [-0.15, -0.1) is 16.4 Å². The van der Waals surface area contributed by atoms with Gasteiger partial charge in [-0.25, -0.2) is 4.79 Å². The summed E-state index contributed by atoms with van der Waals surface area (Å²) < 4.78 is 41.6. The lowest BCUT2D eigenvalue weighted by atomic mass is 10.0. The van der Waals surface area contributed by atoms with Crippen LogP contribution in [0.2, 0.25) is 0 Å². The molecule has 1 saturated carbocycles. The number of hydrogen-bond donors (Lipinski definition) is 3. The average Bonchev–Trinajstić information content (AvgIpc) is 3.42. The van der Waals surface area contributed by atoms with Crippen molar-refractivity contribution < 1.29 is 37.8 Å². The number of halogens is 3. The average molecular weight is 588 g/mol. The molecule has 0 saturated heterocycles. The van der Waals surface area contributed by atoms with Crippen molar-refractivity contribution in [1.29, 1.82) is 0 Å². The first kappa shape index (κ1) is 28.8. The number of nitrogens with zero attached hydrogens (tertiary/aromatic N) is 2. The van der Waals surface area contributed by atoms with Crippen molar-refractivity contribution >= 4 is 33.4 Å². The number of carbonyl (C=O) groups is 2. The zero-order chi connectivity index (χ0) is 29.2. The number of hydroxylamine groups is 2. The maximum Gasteiger partial charge on any atom is 0.416 e. The zero-order valence-electron chi connectivity index (χ0n) is 21.9. The van der Waals surface area contributed by atoms with E-state index in [2.05, 4.69) is 5.32 Å². The lowest BCUT2D eigenvalue weighted by molar-refractivity contribution is -0.137. The van der Waals surface area contributed by atoms with E-state index < -0.39 is 23.2 Å². The number of alkyl halides is 3. The van der Waals surface area contributed by atoms with Gasteiger partial charge in [0.15, 0.2) is 0 Å². The van der Waals surface area contributed by atoms with Crippen molar-refractivity contribution in [2.75, 3.05) is 26.3 Å². The zero-order valence-corrected chi connectivity index (χ0v) is 22.7. The molecule has 41 heavy (non-hydrogen) atoms. The Bertz CT molecular complexity index is 1520. The first-order valence-electron chi connectivity index (χ1n) is 13.0. The molecule has 2 aromatic heterocycles. The number of fused-ring (bicyclic) bond motifs is 1. The number of nitrogens with one attached hydrogen (secondary N) is 1. The van der Waals surface area contributed by atoms with E-state index in [1.807, 2.05) is 16.8 Å². The third kappa shape index (κ3) is 6.30. The molecule has 0 radical (unpaired) electrons. The van der Waals surface area contributed by atoms with Crippen molar-refractivity contribution in [3.8, 4) is 0 Å². The molecule has 2 aromatic carbocycles. The van der Waals surface area contributed by atoms with Crippen molar-refractivity contribution in [2.24, 2.45) is 0 Å². The fourth-order valence-electron chi connectivity index (χ4n) is 4.72. The molecular weight excluding hydrogens is 559 g/mol. The topological polar surface area (TPSA) is 104 Å². The number of amides is 1. The molecule has 0 aliphatic heterocycles. The minimum atomic E-state index is -4.40. The van der Waals surface area contributed by atoms with Gasteiger partial charge < -0.3 is 24.9 Å². The molecule has 1 aliphatic rings. The van der Waals surface area contributed by atoms with Gasteiger partial charge >= 0.3 is 12.1 Å². The van der Waals surface area contributed by atoms with Crippen LogP contribution in [0, 0.1) is 0 Å². The quantitative estimate of drug-likeness (QED) is 0.223. The van der Waals surface area contributed by atoms with E-state index in [9.17, 15) is 22.8 Å².